The van der Waals surface area contributed by atoms with E-state index in [0.29, 0.717) is 23.8 Å². The van der Waals surface area contributed by atoms with Crippen LogP contribution in [-0.4, -0.2) is 24.4 Å². The molecule has 3 rings (SSSR count). The number of halogens is 4. The predicted molar refractivity (Wildman–Crippen MR) is 109 cm³/mol. The zero-order chi connectivity index (χ0) is 23.0. The van der Waals surface area contributed by atoms with E-state index in [4.69, 9.17) is 9.31 Å². The molecule has 1 heterocycles. The van der Waals surface area contributed by atoms with Crippen molar-refractivity contribution in [1.29, 1.82) is 0 Å². The van der Waals surface area contributed by atoms with Crippen molar-refractivity contribution in [3.8, 4) is 0 Å². The quantitative estimate of drug-likeness (QED) is 0.548. The first-order chi connectivity index (χ1) is 14.3. The molecule has 1 aliphatic heterocycles. The number of hydrogen-bond acceptors (Lipinski definition) is 3. The van der Waals surface area contributed by atoms with Gasteiger partial charge in [-0.15, -0.1) is 0 Å². The molecule has 0 spiro atoms. The molecular weight excluding hydrogens is 415 g/mol. The van der Waals surface area contributed by atoms with Crippen LogP contribution in [0.2, 0.25) is 0 Å². The molecule has 0 radical (unpaired) electrons. The molecule has 2 N–H and O–H groups in total. The molecule has 2 aromatic rings. The Bertz CT molecular complexity index is 963. The van der Waals surface area contributed by atoms with Crippen LogP contribution in [0.25, 0.3) is 0 Å². The van der Waals surface area contributed by atoms with Crippen LogP contribution in [0.1, 0.15) is 38.8 Å². The lowest BCUT2D eigenvalue weighted by atomic mass is 9.78. The van der Waals surface area contributed by atoms with E-state index in [1.165, 1.54) is 0 Å². The first-order valence-corrected chi connectivity index (χ1v) is 9.64. The van der Waals surface area contributed by atoms with Gasteiger partial charge in [0.25, 0.3) is 0 Å². The van der Waals surface area contributed by atoms with Crippen molar-refractivity contribution in [1.82, 2.24) is 5.32 Å². The maximum atomic E-state index is 13.8. The average Bonchev–Trinajstić information content (AvgIpc) is 2.88. The van der Waals surface area contributed by atoms with Gasteiger partial charge in [0.2, 0.25) is 0 Å². The molecule has 0 aliphatic carbocycles. The van der Waals surface area contributed by atoms with Gasteiger partial charge in [0, 0.05) is 6.54 Å². The molecule has 5 nitrogen and oxygen atoms in total. The monoisotopic (exact) mass is 438 g/mol. The summed E-state index contributed by atoms with van der Waals surface area (Å²) in [6, 6.07) is 8.16. The van der Waals surface area contributed by atoms with Crippen molar-refractivity contribution in [3.05, 3.63) is 59.4 Å². The molecule has 1 fully saturated rings. The number of amides is 2. The second-order valence-corrected chi connectivity index (χ2v) is 8.33. The Hall–Kier alpha value is -2.59. The molecule has 0 aromatic heterocycles. The number of carbonyl (C=O) groups excluding carboxylic acids is 1. The van der Waals surface area contributed by atoms with Gasteiger partial charge in [-0.1, -0.05) is 24.3 Å². The number of nitrogens with one attached hydrogen (secondary N) is 2. The van der Waals surface area contributed by atoms with Gasteiger partial charge in [-0.05, 0) is 56.9 Å². The number of rotatable bonds is 4. The van der Waals surface area contributed by atoms with Crippen LogP contribution in [0.15, 0.2) is 42.5 Å². The molecule has 166 valence electrons. The summed E-state index contributed by atoms with van der Waals surface area (Å²) in [5, 5.41) is 4.61. The van der Waals surface area contributed by atoms with E-state index in [-0.39, 0.29) is 6.54 Å². The summed E-state index contributed by atoms with van der Waals surface area (Å²) < 4.78 is 64.2. The van der Waals surface area contributed by atoms with Crippen LogP contribution >= 0.6 is 0 Å². The SMILES string of the molecule is CC1(C)OB(c2cccc(CNC(=O)Nc3cc(C(F)(F)F)ccc3F)c2)OC1(C)C. The van der Waals surface area contributed by atoms with Crippen molar-refractivity contribution >= 4 is 24.3 Å². The number of anilines is 1. The second-order valence-electron chi connectivity index (χ2n) is 8.33. The third kappa shape index (κ3) is 5.19. The van der Waals surface area contributed by atoms with Crippen LogP contribution in [-0.2, 0) is 22.0 Å². The predicted octanol–water partition coefficient (Wildman–Crippen LogP) is 4.47. The number of alkyl halides is 3. The average molecular weight is 438 g/mol. The highest BCUT2D eigenvalue weighted by atomic mass is 19.4. The first kappa shape index (κ1) is 23.1. The molecular formula is C21H23BF4N2O3. The van der Waals surface area contributed by atoms with E-state index in [9.17, 15) is 22.4 Å². The minimum Gasteiger partial charge on any atom is -0.399 e. The Balaban J connectivity index is 1.64. The minimum atomic E-state index is -4.64. The van der Waals surface area contributed by atoms with Gasteiger partial charge in [0.15, 0.2) is 0 Å². The van der Waals surface area contributed by atoms with Gasteiger partial charge < -0.3 is 19.9 Å². The number of carbonyl (C=O) groups is 1. The molecule has 10 heteroatoms. The normalized spacial score (nSPS) is 17.5. The minimum absolute atomic E-state index is 0.0692. The molecule has 0 bridgehead atoms. The zero-order valence-corrected chi connectivity index (χ0v) is 17.6. The Labute approximate surface area is 178 Å². The summed E-state index contributed by atoms with van der Waals surface area (Å²) in [5.41, 5.74) is -1.13. The summed E-state index contributed by atoms with van der Waals surface area (Å²) in [4.78, 5) is 12.1. The van der Waals surface area contributed by atoms with E-state index < -0.39 is 47.6 Å². The first-order valence-electron chi connectivity index (χ1n) is 9.64. The van der Waals surface area contributed by atoms with Gasteiger partial charge in [-0.2, -0.15) is 13.2 Å². The topological polar surface area (TPSA) is 59.6 Å². The van der Waals surface area contributed by atoms with E-state index >= 15 is 0 Å². The Morgan fingerprint density at radius 1 is 1.03 bits per heavy atom. The van der Waals surface area contributed by atoms with Gasteiger partial charge in [0.05, 0.1) is 22.5 Å². The van der Waals surface area contributed by atoms with Gasteiger partial charge in [-0.3, -0.25) is 0 Å². The number of hydrogen-bond donors (Lipinski definition) is 2. The molecule has 0 saturated carbocycles. The van der Waals surface area contributed by atoms with Crippen molar-refractivity contribution in [3.63, 3.8) is 0 Å². The third-order valence-electron chi connectivity index (χ3n) is 5.47. The third-order valence-corrected chi connectivity index (χ3v) is 5.47. The fourth-order valence-corrected chi connectivity index (χ4v) is 2.98. The van der Waals surface area contributed by atoms with Crippen LogP contribution in [0, 0.1) is 5.82 Å². The van der Waals surface area contributed by atoms with Gasteiger partial charge >= 0.3 is 19.3 Å². The summed E-state index contributed by atoms with van der Waals surface area (Å²) in [6.07, 6.45) is -4.64. The van der Waals surface area contributed by atoms with Crippen molar-refractivity contribution < 1.29 is 31.7 Å². The molecule has 1 saturated heterocycles. The summed E-state index contributed by atoms with van der Waals surface area (Å²) in [7, 11) is -0.571. The highest BCUT2D eigenvalue weighted by molar-refractivity contribution is 6.62. The number of benzene rings is 2. The molecule has 31 heavy (non-hydrogen) atoms. The van der Waals surface area contributed by atoms with E-state index in [1.54, 1.807) is 18.2 Å². The van der Waals surface area contributed by atoms with Crippen LogP contribution in [0.4, 0.5) is 28.0 Å². The molecule has 2 amide bonds. The van der Waals surface area contributed by atoms with Gasteiger partial charge in [-0.25, -0.2) is 9.18 Å². The smallest absolute Gasteiger partial charge is 0.399 e. The largest absolute Gasteiger partial charge is 0.494 e. The van der Waals surface area contributed by atoms with E-state index in [0.717, 1.165) is 5.46 Å². The lowest BCUT2D eigenvalue weighted by molar-refractivity contribution is -0.137. The highest BCUT2D eigenvalue weighted by Crippen LogP contribution is 2.36. The standard InChI is InChI=1S/C21H23BF4N2O3/c1-19(2)20(3,4)31-22(30-19)15-7-5-6-13(10-15)12-27-18(29)28-17-11-14(21(24,25)26)8-9-16(17)23/h5-11H,12H2,1-4H3,(H2,27,28,29). The summed E-state index contributed by atoms with van der Waals surface area (Å²) in [5.74, 6) is -0.967. The summed E-state index contributed by atoms with van der Waals surface area (Å²) >= 11 is 0. The lowest BCUT2D eigenvalue weighted by Crippen LogP contribution is -2.41. The van der Waals surface area contributed by atoms with Crippen LogP contribution in [0.5, 0.6) is 0 Å². The Morgan fingerprint density at radius 3 is 2.29 bits per heavy atom. The maximum Gasteiger partial charge on any atom is 0.494 e. The maximum absolute atomic E-state index is 13.8. The molecule has 0 atom stereocenters. The van der Waals surface area contributed by atoms with Gasteiger partial charge in [0.1, 0.15) is 5.82 Å². The Morgan fingerprint density at radius 2 is 1.68 bits per heavy atom. The van der Waals surface area contributed by atoms with Crippen molar-refractivity contribution in [2.75, 3.05) is 5.32 Å². The molecule has 2 aromatic carbocycles. The second kappa shape index (κ2) is 8.16. The summed E-state index contributed by atoms with van der Waals surface area (Å²) in [6.45, 7) is 7.83. The van der Waals surface area contributed by atoms with E-state index in [1.807, 2.05) is 33.8 Å². The lowest BCUT2D eigenvalue weighted by Gasteiger charge is -2.32. The van der Waals surface area contributed by atoms with Crippen LogP contribution < -0.4 is 16.1 Å². The zero-order valence-electron chi connectivity index (χ0n) is 17.6. The van der Waals surface area contributed by atoms with Crippen LogP contribution in [0.3, 0.4) is 0 Å². The fourth-order valence-electron chi connectivity index (χ4n) is 2.98. The number of urea groups is 1. The van der Waals surface area contributed by atoms with Crippen molar-refractivity contribution in [2.45, 2.75) is 51.6 Å². The molecule has 1 aliphatic rings. The highest BCUT2D eigenvalue weighted by Gasteiger charge is 2.51. The Kier molecular flexibility index (Phi) is 6.08. The van der Waals surface area contributed by atoms with Crippen molar-refractivity contribution in [2.24, 2.45) is 0 Å². The molecule has 0 unspecified atom stereocenters. The fraction of sp³-hybridized carbons (Fsp3) is 0.381. The van der Waals surface area contributed by atoms with E-state index in [2.05, 4.69) is 10.6 Å².